The molecule has 2 aromatic carbocycles. The normalized spacial score (nSPS) is 11.6. The van der Waals surface area contributed by atoms with E-state index in [9.17, 15) is 13.2 Å². The van der Waals surface area contributed by atoms with Gasteiger partial charge in [-0.3, -0.25) is 0 Å². The first kappa shape index (κ1) is 15.9. The third-order valence-corrected chi connectivity index (χ3v) is 2.79. The van der Waals surface area contributed by atoms with E-state index < -0.39 is 6.36 Å². The van der Waals surface area contributed by atoms with Crippen molar-refractivity contribution in [1.29, 1.82) is 0 Å². The number of alkyl halides is 3. The highest BCUT2D eigenvalue weighted by Crippen LogP contribution is 2.26. The van der Waals surface area contributed by atoms with Gasteiger partial charge in [-0.15, -0.1) is 13.2 Å². The van der Waals surface area contributed by atoms with Crippen LogP contribution < -0.4 is 4.74 Å². The molecule has 0 aliphatic carbocycles. The van der Waals surface area contributed by atoms with Gasteiger partial charge in [-0.05, 0) is 18.6 Å². The molecule has 3 nitrogen and oxygen atoms in total. The molecule has 0 N–H and O–H groups in total. The number of halogens is 3. The quantitative estimate of drug-likeness (QED) is 0.608. The zero-order valence-electron chi connectivity index (χ0n) is 11.7. The summed E-state index contributed by atoms with van der Waals surface area (Å²) in [5.41, 5.74) is 1.97. The van der Waals surface area contributed by atoms with Crippen LogP contribution in [-0.2, 0) is 11.4 Å². The van der Waals surface area contributed by atoms with Gasteiger partial charge in [0.25, 0.3) is 0 Å². The average molecular weight is 308 g/mol. The second-order valence-electron chi connectivity index (χ2n) is 4.45. The molecular weight excluding hydrogens is 295 g/mol. The zero-order valence-corrected chi connectivity index (χ0v) is 11.7. The van der Waals surface area contributed by atoms with E-state index in [2.05, 4.69) is 16.1 Å². The van der Waals surface area contributed by atoms with Crippen molar-refractivity contribution in [1.82, 2.24) is 0 Å². The van der Waals surface area contributed by atoms with Crippen molar-refractivity contribution in [2.24, 2.45) is 5.16 Å². The van der Waals surface area contributed by atoms with Crippen molar-refractivity contribution in [2.45, 2.75) is 19.9 Å². The molecule has 0 saturated carbocycles. The first-order valence-electron chi connectivity index (χ1n) is 6.43. The molecule has 0 aromatic heterocycles. The average Bonchev–Trinajstić information content (AvgIpc) is 2.45. The molecule has 0 aliphatic rings. The summed E-state index contributed by atoms with van der Waals surface area (Å²) in [6, 6.07) is 13.2. The lowest BCUT2D eigenvalue weighted by atomic mass is 10.1. The lowest BCUT2D eigenvalue weighted by molar-refractivity contribution is -0.275. The summed E-state index contributed by atoms with van der Waals surface area (Å²) in [5.74, 6) is -0.305. The highest BCUT2D eigenvalue weighted by Gasteiger charge is 2.32. The van der Waals surface area contributed by atoms with Crippen LogP contribution in [0.1, 0.15) is 16.7 Å². The second-order valence-corrected chi connectivity index (χ2v) is 4.45. The van der Waals surface area contributed by atoms with E-state index in [1.165, 1.54) is 18.2 Å². The summed E-state index contributed by atoms with van der Waals surface area (Å²) in [7, 11) is 0. The van der Waals surface area contributed by atoms with Crippen molar-refractivity contribution >= 4 is 6.21 Å². The van der Waals surface area contributed by atoms with E-state index in [0.717, 1.165) is 11.1 Å². The van der Waals surface area contributed by atoms with Gasteiger partial charge in [0.05, 0.1) is 0 Å². The molecule has 0 unspecified atom stereocenters. The molecule has 115 valence electrons. The first-order chi connectivity index (χ1) is 10.5. The lowest BCUT2D eigenvalue weighted by Crippen LogP contribution is -2.18. The fraction of sp³-hybridized carbons (Fsp3) is 0.188. The Morgan fingerprint density at radius 2 is 1.73 bits per heavy atom. The van der Waals surface area contributed by atoms with Gasteiger partial charge < -0.3 is 9.57 Å². The SMILES string of the molecule is Cc1ccccc1/[C]=N\OCc1ccccc1OC(F)(F)F. The molecule has 0 saturated heterocycles. The van der Waals surface area contributed by atoms with E-state index in [0.29, 0.717) is 0 Å². The van der Waals surface area contributed by atoms with Crippen LogP contribution in [-0.4, -0.2) is 12.6 Å². The summed E-state index contributed by atoms with van der Waals surface area (Å²) in [6.45, 7) is 1.75. The van der Waals surface area contributed by atoms with E-state index in [4.69, 9.17) is 4.84 Å². The highest BCUT2D eigenvalue weighted by atomic mass is 19.4. The number of ether oxygens (including phenoxy) is 1. The van der Waals surface area contributed by atoms with Crippen LogP contribution in [0.3, 0.4) is 0 Å². The van der Waals surface area contributed by atoms with Crippen LogP contribution in [0.5, 0.6) is 5.75 Å². The molecule has 0 fully saturated rings. The molecule has 0 spiro atoms. The predicted octanol–water partition coefficient (Wildman–Crippen LogP) is 4.32. The molecule has 0 heterocycles. The second kappa shape index (κ2) is 6.98. The Labute approximate surface area is 126 Å². The zero-order chi connectivity index (χ0) is 16.0. The number of hydrogen-bond donors (Lipinski definition) is 0. The molecule has 0 atom stereocenters. The van der Waals surface area contributed by atoms with Gasteiger partial charge in [0.2, 0.25) is 0 Å². The minimum absolute atomic E-state index is 0.148. The van der Waals surface area contributed by atoms with E-state index >= 15 is 0 Å². The Kier molecular flexibility index (Phi) is 5.04. The van der Waals surface area contributed by atoms with Gasteiger partial charge in [-0.1, -0.05) is 47.6 Å². The summed E-state index contributed by atoms with van der Waals surface area (Å²) < 4.78 is 40.8. The molecular formula is C16H13F3NO2. The number of benzene rings is 2. The van der Waals surface area contributed by atoms with Crippen LogP contribution in [0.2, 0.25) is 0 Å². The van der Waals surface area contributed by atoms with Crippen LogP contribution in [0.15, 0.2) is 53.7 Å². The molecule has 1 radical (unpaired) electrons. The topological polar surface area (TPSA) is 30.8 Å². The van der Waals surface area contributed by atoms with Crippen LogP contribution in [0.25, 0.3) is 0 Å². The maximum absolute atomic E-state index is 12.3. The number of para-hydroxylation sites is 1. The molecule has 6 heteroatoms. The molecule has 2 aromatic rings. The molecule has 0 aliphatic heterocycles. The van der Waals surface area contributed by atoms with Gasteiger partial charge in [0.1, 0.15) is 18.6 Å². The highest BCUT2D eigenvalue weighted by molar-refractivity contribution is 5.81. The van der Waals surface area contributed by atoms with Crippen molar-refractivity contribution in [2.75, 3.05) is 0 Å². The van der Waals surface area contributed by atoms with Gasteiger partial charge in [0, 0.05) is 11.1 Å². The number of rotatable bonds is 5. The standard InChI is InChI=1S/C16H13F3NO2/c1-12-6-2-3-7-13(12)10-20-21-11-14-8-4-5-9-15(14)22-16(17,18)19/h2-9H,11H2,1H3. The van der Waals surface area contributed by atoms with Gasteiger partial charge in [-0.2, -0.15) is 0 Å². The third-order valence-electron chi connectivity index (χ3n) is 2.79. The van der Waals surface area contributed by atoms with Crippen LogP contribution in [0.4, 0.5) is 13.2 Å². The van der Waals surface area contributed by atoms with Gasteiger partial charge >= 0.3 is 6.36 Å². The summed E-state index contributed by atoms with van der Waals surface area (Å²) in [4.78, 5) is 5.00. The minimum Gasteiger partial charge on any atom is -0.405 e. The molecule has 0 amide bonds. The van der Waals surface area contributed by atoms with Crippen LogP contribution in [0, 0.1) is 6.92 Å². The lowest BCUT2D eigenvalue weighted by Gasteiger charge is -2.12. The Balaban J connectivity index is 1.99. The first-order valence-corrected chi connectivity index (χ1v) is 6.43. The Bertz CT molecular complexity index is 654. The Hall–Kier alpha value is -2.50. The number of aryl methyl sites for hydroxylation is 1. The van der Waals surface area contributed by atoms with Crippen molar-refractivity contribution in [3.05, 3.63) is 65.2 Å². The Morgan fingerprint density at radius 3 is 2.45 bits per heavy atom. The van der Waals surface area contributed by atoms with E-state index in [1.807, 2.05) is 31.2 Å². The largest absolute Gasteiger partial charge is 0.573 e. The third kappa shape index (κ3) is 4.80. The monoisotopic (exact) mass is 308 g/mol. The molecule has 0 bridgehead atoms. The predicted molar refractivity (Wildman–Crippen MR) is 75.6 cm³/mol. The molecule has 22 heavy (non-hydrogen) atoms. The van der Waals surface area contributed by atoms with Crippen molar-refractivity contribution < 1.29 is 22.7 Å². The molecule has 2 rings (SSSR count). The smallest absolute Gasteiger partial charge is 0.405 e. The number of nitrogens with zero attached hydrogens (tertiary/aromatic N) is 1. The maximum Gasteiger partial charge on any atom is 0.573 e. The van der Waals surface area contributed by atoms with Crippen molar-refractivity contribution in [3.8, 4) is 5.75 Å². The number of hydrogen-bond acceptors (Lipinski definition) is 3. The minimum atomic E-state index is -4.74. The maximum atomic E-state index is 12.3. The summed E-state index contributed by atoms with van der Waals surface area (Å²) in [6.07, 6.45) is -2.05. The fourth-order valence-electron chi connectivity index (χ4n) is 1.73. The fourth-order valence-corrected chi connectivity index (χ4v) is 1.73. The van der Waals surface area contributed by atoms with Crippen molar-refractivity contribution in [3.63, 3.8) is 0 Å². The summed E-state index contributed by atoms with van der Waals surface area (Å²) in [5, 5.41) is 3.65. The van der Waals surface area contributed by atoms with Gasteiger partial charge in [0.15, 0.2) is 0 Å². The Morgan fingerprint density at radius 1 is 1.05 bits per heavy atom. The van der Waals surface area contributed by atoms with Crippen LogP contribution >= 0.6 is 0 Å². The van der Waals surface area contributed by atoms with Gasteiger partial charge in [-0.25, -0.2) is 0 Å². The van der Waals surface area contributed by atoms with E-state index in [1.54, 1.807) is 6.07 Å². The van der Waals surface area contributed by atoms with E-state index in [-0.39, 0.29) is 17.9 Å². The summed E-state index contributed by atoms with van der Waals surface area (Å²) >= 11 is 0.